The van der Waals surface area contributed by atoms with Gasteiger partial charge in [0.1, 0.15) is 11.6 Å². The first kappa shape index (κ1) is 16.4. The van der Waals surface area contributed by atoms with Crippen LogP contribution in [0.25, 0.3) is 0 Å². The molecule has 0 aliphatic rings. The molecule has 4 N–H and O–H groups in total. The van der Waals surface area contributed by atoms with E-state index in [1.54, 1.807) is 6.92 Å². The fourth-order valence-corrected chi connectivity index (χ4v) is 1.50. The average molecular weight is 305 g/mol. The summed E-state index contributed by atoms with van der Waals surface area (Å²) in [5.41, 5.74) is 5.31. The monoisotopic (exact) mass is 304 g/mol. The maximum Gasteiger partial charge on any atom is 0.327 e. The highest BCUT2D eigenvalue weighted by Gasteiger charge is 2.14. The van der Waals surface area contributed by atoms with Crippen molar-refractivity contribution in [2.45, 2.75) is 25.6 Å². The van der Waals surface area contributed by atoms with Crippen molar-refractivity contribution in [2.24, 2.45) is 5.73 Å². The van der Waals surface area contributed by atoms with Crippen molar-refractivity contribution in [2.75, 3.05) is 19.0 Å². The number of methoxy groups -OCH3 is 1. The number of nitrogens with two attached hydrogens (primary N) is 1. The Morgan fingerprint density at radius 3 is 2.90 bits per heavy atom. The molecule has 0 saturated heterocycles. The highest BCUT2D eigenvalue weighted by molar-refractivity contribution is 6.32. The standard InChI is InChI=1S/C11H17ClN4O4/c1-6(17)7(13)3-14-8-4-15-16(5-9(18)20-2)11(19)10(8)12/h4,6-7,14,17H,3,5,13H2,1-2H3. The molecule has 0 radical (unpaired) electrons. The van der Waals surface area contributed by atoms with E-state index in [0.29, 0.717) is 0 Å². The highest BCUT2D eigenvalue weighted by Crippen LogP contribution is 2.15. The molecule has 2 unspecified atom stereocenters. The van der Waals surface area contributed by atoms with Gasteiger partial charge in [0.15, 0.2) is 0 Å². The summed E-state index contributed by atoms with van der Waals surface area (Å²) in [6.07, 6.45) is 0.607. The smallest absolute Gasteiger partial charge is 0.327 e. The number of aliphatic hydroxyl groups excluding tert-OH is 1. The van der Waals surface area contributed by atoms with Gasteiger partial charge in [-0.3, -0.25) is 9.59 Å². The summed E-state index contributed by atoms with van der Waals surface area (Å²) in [5, 5.41) is 15.8. The summed E-state index contributed by atoms with van der Waals surface area (Å²) in [6, 6.07) is -0.511. The molecule has 0 saturated carbocycles. The van der Waals surface area contributed by atoms with Crippen LogP contribution < -0.4 is 16.6 Å². The van der Waals surface area contributed by atoms with E-state index in [1.807, 2.05) is 0 Å². The number of carbonyl (C=O) groups excluding carboxylic acids is 1. The van der Waals surface area contributed by atoms with Gasteiger partial charge in [-0.05, 0) is 6.92 Å². The van der Waals surface area contributed by atoms with Gasteiger partial charge >= 0.3 is 5.97 Å². The number of nitrogens with zero attached hydrogens (tertiary/aromatic N) is 2. The summed E-state index contributed by atoms with van der Waals surface area (Å²) in [6.45, 7) is 1.46. The van der Waals surface area contributed by atoms with E-state index in [0.717, 1.165) is 4.68 Å². The normalized spacial score (nSPS) is 13.7. The van der Waals surface area contributed by atoms with Crippen LogP contribution in [-0.4, -0.2) is 46.7 Å². The Labute approximate surface area is 120 Å². The van der Waals surface area contributed by atoms with E-state index >= 15 is 0 Å². The van der Waals surface area contributed by atoms with Crippen LogP contribution in [0.5, 0.6) is 0 Å². The van der Waals surface area contributed by atoms with E-state index in [4.69, 9.17) is 17.3 Å². The molecule has 0 amide bonds. The zero-order valence-corrected chi connectivity index (χ0v) is 11.9. The minimum atomic E-state index is -0.700. The second kappa shape index (κ2) is 7.22. The molecule has 1 heterocycles. The Bertz CT molecular complexity index is 532. The minimum Gasteiger partial charge on any atom is -0.468 e. The van der Waals surface area contributed by atoms with E-state index < -0.39 is 23.7 Å². The molecule has 8 nitrogen and oxygen atoms in total. The van der Waals surface area contributed by atoms with E-state index in [1.165, 1.54) is 13.3 Å². The zero-order valence-electron chi connectivity index (χ0n) is 11.2. The van der Waals surface area contributed by atoms with Crippen LogP contribution >= 0.6 is 11.6 Å². The summed E-state index contributed by atoms with van der Waals surface area (Å²) < 4.78 is 5.34. The molecule has 1 aromatic rings. The molecule has 20 heavy (non-hydrogen) atoms. The van der Waals surface area contributed by atoms with Crippen LogP contribution in [0.3, 0.4) is 0 Å². The number of carbonyl (C=O) groups is 1. The molecular formula is C11H17ClN4O4. The summed E-state index contributed by atoms with van der Waals surface area (Å²) in [4.78, 5) is 23.0. The van der Waals surface area contributed by atoms with Crippen molar-refractivity contribution in [1.29, 1.82) is 0 Å². The molecule has 1 rings (SSSR count). The number of hydrogen-bond acceptors (Lipinski definition) is 7. The van der Waals surface area contributed by atoms with Crippen LogP contribution in [-0.2, 0) is 16.1 Å². The topological polar surface area (TPSA) is 119 Å². The molecule has 2 atom stereocenters. The minimum absolute atomic E-state index is 0.110. The lowest BCUT2D eigenvalue weighted by Gasteiger charge is -2.16. The van der Waals surface area contributed by atoms with Crippen LogP contribution in [0.4, 0.5) is 5.69 Å². The summed E-state index contributed by atoms with van der Waals surface area (Å²) in [5.74, 6) is -0.604. The Kier molecular flexibility index (Phi) is 5.93. The average Bonchev–Trinajstić information content (AvgIpc) is 2.42. The molecule has 0 fully saturated rings. The first-order valence-corrected chi connectivity index (χ1v) is 6.24. The fourth-order valence-electron chi connectivity index (χ4n) is 1.29. The number of esters is 1. The number of rotatable bonds is 6. The van der Waals surface area contributed by atoms with Gasteiger partial charge in [0.2, 0.25) is 0 Å². The largest absolute Gasteiger partial charge is 0.468 e. The molecule has 9 heteroatoms. The lowest BCUT2D eigenvalue weighted by atomic mass is 10.2. The second-order valence-electron chi connectivity index (χ2n) is 4.20. The molecule has 112 valence electrons. The number of halogens is 1. The number of aromatic nitrogens is 2. The summed E-state index contributed by atoms with van der Waals surface area (Å²) >= 11 is 5.90. The van der Waals surface area contributed by atoms with Crippen LogP contribution in [0.1, 0.15) is 6.92 Å². The number of ether oxygens (including phenoxy) is 1. The van der Waals surface area contributed by atoms with Gasteiger partial charge < -0.3 is 20.9 Å². The molecular weight excluding hydrogens is 288 g/mol. The second-order valence-corrected chi connectivity index (χ2v) is 4.57. The Morgan fingerprint density at radius 1 is 1.70 bits per heavy atom. The maximum atomic E-state index is 11.9. The quantitative estimate of drug-likeness (QED) is 0.588. The Hall–Kier alpha value is -1.64. The van der Waals surface area contributed by atoms with Gasteiger partial charge in [-0.25, -0.2) is 4.68 Å². The third-order valence-corrected chi connectivity index (χ3v) is 3.00. The van der Waals surface area contributed by atoms with Crippen molar-refractivity contribution in [3.05, 3.63) is 21.6 Å². The predicted molar refractivity (Wildman–Crippen MR) is 73.7 cm³/mol. The molecule has 0 aromatic carbocycles. The Morgan fingerprint density at radius 2 is 2.35 bits per heavy atom. The van der Waals surface area contributed by atoms with Crippen LogP contribution in [0.2, 0.25) is 5.02 Å². The SMILES string of the molecule is COC(=O)Cn1ncc(NCC(N)C(C)O)c(Cl)c1=O. The van der Waals surface area contributed by atoms with Crippen molar-refractivity contribution in [3.63, 3.8) is 0 Å². The molecule has 0 aliphatic heterocycles. The lowest BCUT2D eigenvalue weighted by Crippen LogP contribution is -2.39. The third kappa shape index (κ3) is 4.19. The predicted octanol–water partition coefficient (Wildman–Crippen LogP) is -0.810. The highest BCUT2D eigenvalue weighted by atomic mass is 35.5. The lowest BCUT2D eigenvalue weighted by molar-refractivity contribution is -0.141. The zero-order chi connectivity index (χ0) is 15.3. The van der Waals surface area contributed by atoms with Crippen molar-refractivity contribution in [3.8, 4) is 0 Å². The van der Waals surface area contributed by atoms with Crippen LogP contribution in [0.15, 0.2) is 11.0 Å². The first-order chi connectivity index (χ1) is 9.36. The molecule has 0 bridgehead atoms. The number of aliphatic hydroxyl groups is 1. The van der Waals surface area contributed by atoms with Crippen molar-refractivity contribution < 1.29 is 14.6 Å². The van der Waals surface area contributed by atoms with Gasteiger partial charge in [-0.2, -0.15) is 5.10 Å². The van der Waals surface area contributed by atoms with Gasteiger partial charge in [0.25, 0.3) is 5.56 Å². The number of nitrogens with one attached hydrogen (secondary N) is 1. The maximum absolute atomic E-state index is 11.9. The third-order valence-electron chi connectivity index (χ3n) is 2.64. The molecule has 1 aromatic heterocycles. The van der Waals surface area contributed by atoms with Gasteiger partial charge in [0, 0.05) is 12.6 Å². The van der Waals surface area contributed by atoms with Crippen molar-refractivity contribution in [1.82, 2.24) is 9.78 Å². The molecule has 0 spiro atoms. The van der Waals surface area contributed by atoms with Gasteiger partial charge in [0.05, 0.1) is 25.1 Å². The van der Waals surface area contributed by atoms with E-state index in [9.17, 15) is 14.7 Å². The fraction of sp³-hybridized carbons (Fsp3) is 0.545. The first-order valence-electron chi connectivity index (χ1n) is 5.86. The Balaban J connectivity index is 2.84. The summed E-state index contributed by atoms with van der Waals surface area (Å²) in [7, 11) is 1.21. The van der Waals surface area contributed by atoms with E-state index in [-0.39, 0.29) is 23.8 Å². The van der Waals surface area contributed by atoms with Gasteiger partial charge in [-0.1, -0.05) is 11.6 Å². The number of hydrogen-bond donors (Lipinski definition) is 3. The molecule has 0 aliphatic carbocycles. The van der Waals surface area contributed by atoms with Crippen molar-refractivity contribution >= 4 is 23.3 Å². The number of anilines is 1. The van der Waals surface area contributed by atoms with E-state index in [2.05, 4.69) is 15.2 Å². The van der Waals surface area contributed by atoms with Crippen LogP contribution in [0, 0.1) is 0 Å². The van der Waals surface area contributed by atoms with Gasteiger partial charge in [-0.15, -0.1) is 0 Å².